The number of nitrogens with zero attached hydrogens (tertiary/aromatic N) is 3. The Morgan fingerprint density at radius 3 is 2.88 bits per heavy atom. The summed E-state index contributed by atoms with van der Waals surface area (Å²) in [6.07, 6.45) is 2.72. The molecule has 0 bridgehead atoms. The van der Waals surface area contributed by atoms with Crippen molar-refractivity contribution in [2.45, 2.75) is 19.3 Å². The first-order valence-electron chi connectivity index (χ1n) is 8.90. The molecule has 8 heteroatoms. The molecule has 1 aromatic carbocycles. The number of nitrogens with one attached hydrogen (secondary N) is 2. The lowest BCUT2D eigenvalue weighted by Gasteiger charge is -2.33. The number of H-pyrrole nitrogens is 1. The van der Waals surface area contributed by atoms with Gasteiger partial charge in [-0.3, -0.25) is 14.5 Å². The molecule has 3 heterocycles. The van der Waals surface area contributed by atoms with Crippen LogP contribution in [-0.4, -0.2) is 63.8 Å². The molecule has 2 aromatic rings. The molecule has 26 heavy (non-hydrogen) atoms. The summed E-state index contributed by atoms with van der Waals surface area (Å²) in [4.78, 5) is 46.5. The number of benzene rings is 1. The number of piperidine rings is 1. The molecule has 0 radical (unpaired) electrons. The molecule has 2 fully saturated rings. The van der Waals surface area contributed by atoms with Gasteiger partial charge in [0.15, 0.2) is 0 Å². The van der Waals surface area contributed by atoms with E-state index in [2.05, 4.69) is 15.3 Å². The zero-order valence-electron chi connectivity index (χ0n) is 14.4. The second kappa shape index (κ2) is 6.78. The number of imidazole rings is 1. The first-order valence-corrected chi connectivity index (χ1v) is 8.90. The normalized spacial score (nSPS) is 20.7. The molecule has 136 valence electrons. The van der Waals surface area contributed by atoms with Gasteiger partial charge in [0.25, 0.3) is 5.91 Å². The number of likely N-dealkylation sites (tertiary alicyclic amines) is 1. The van der Waals surface area contributed by atoms with E-state index >= 15 is 0 Å². The minimum atomic E-state index is -0.487. The van der Waals surface area contributed by atoms with Crippen LogP contribution >= 0.6 is 0 Å². The van der Waals surface area contributed by atoms with E-state index in [1.807, 2.05) is 24.3 Å². The molecule has 2 aliphatic rings. The predicted molar refractivity (Wildman–Crippen MR) is 94.2 cm³/mol. The second-order valence-corrected chi connectivity index (χ2v) is 6.89. The van der Waals surface area contributed by atoms with Crippen LogP contribution in [0, 0.1) is 5.92 Å². The number of imide groups is 1. The molecule has 2 N–H and O–H groups in total. The fourth-order valence-electron chi connectivity index (χ4n) is 3.68. The standard InChI is InChI=1S/C18H21N5O3/c24-16-9-19-18(26)23(16)11-17(25)22-7-3-4-12(10-22)8-15-20-13-5-1-2-6-14(13)21-15/h1-2,5-6,12H,3-4,7-11H2,(H,19,26)(H,20,21). The van der Waals surface area contributed by atoms with Crippen LogP contribution in [0.3, 0.4) is 0 Å². The molecule has 0 saturated carbocycles. The molecular formula is C18H21N5O3. The van der Waals surface area contributed by atoms with Crippen molar-refractivity contribution in [1.29, 1.82) is 0 Å². The smallest absolute Gasteiger partial charge is 0.325 e. The lowest BCUT2D eigenvalue weighted by molar-refractivity contribution is -0.137. The van der Waals surface area contributed by atoms with Gasteiger partial charge in [0, 0.05) is 19.5 Å². The topological polar surface area (TPSA) is 98.4 Å². The molecule has 2 saturated heterocycles. The SMILES string of the molecule is O=C(CN1C(=O)CNC1=O)N1CCCC(Cc2nc3ccccc3[nH]2)C1. The molecule has 4 rings (SSSR count). The average Bonchev–Trinajstić information content (AvgIpc) is 3.19. The summed E-state index contributed by atoms with van der Waals surface area (Å²) < 4.78 is 0. The molecule has 0 spiro atoms. The van der Waals surface area contributed by atoms with E-state index < -0.39 is 6.03 Å². The molecule has 8 nitrogen and oxygen atoms in total. The Bertz CT molecular complexity index is 812. The Labute approximate surface area is 150 Å². The van der Waals surface area contributed by atoms with Gasteiger partial charge < -0.3 is 15.2 Å². The minimum absolute atomic E-state index is 0.0270. The number of rotatable bonds is 4. The summed E-state index contributed by atoms with van der Waals surface area (Å²) in [6.45, 7) is 1.08. The number of hydrogen-bond acceptors (Lipinski definition) is 4. The summed E-state index contributed by atoms with van der Waals surface area (Å²) in [5.74, 6) is 0.722. The van der Waals surface area contributed by atoms with Gasteiger partial charge >= 0.3 is 6.03 Å². The molecule has 1 atom stereocenters. The van der Waals surface area contributed by atoms with Gasteiger partial charge in [0.1, 0.15) is 12.4 Å². The van der Waals surface area contributed by atoms with Crippen LogP contribution in [0.1, 0.15) is 18.7 Å². The summed E-state index contributed by atoms with van der Waals surface area (Å²) in [5.41, 5.74) is 1.97. The van der Waals surface area contributed by atoms with E-state index in [0.717, 1.165) is 41.0 Å². The molecule has 1 unspecified atom stereocenters. The van der Waals surface area contributed by atoms with Crippen LogP contribution in [0.25, 0.3) is 11.0 Å². The fraction of sp³-hybridized carbons (Fsp3) is 0.444. The van der Waals surface area contributed by atoms with E-state index in [-0.39, 0.29) is 24.9 Å². The van der Waals surface area contributed by atoms with Gasteiger partial charge in [0.2, 0.25) is 5.91 Å². The third-order valence-corrected chi connectivity index (χ3v) is 5.02. The van der Waals surface area contributed by atoms with Crippen molar-refractivity contribution in [2.75, 3.05) is 26.2 Å². The Morgan fingerprint density at radius 1 is 1.27 bits per heavy atom. The van der Waals surface area contributed by atoms with Crippen molar-refractivity contribution in [2.24, 2.45) is 5.92 Å². The number of urea groups is 1. The fourth-order valence-corrected chi connectivity index (χ4v) is 3.68. The van der Waals surface area contributed by atoms with Crippen LogP contribution in [0.4, 0.5) is 4.79 Å². The van der Waals surface area contributed by atoms with E-state index in [4.69, 9.17) is 0 Å². The molecule has 1 aromatic heterocycles. The number of aromatic nitrogens is 2. The number of amides is 4. The highest BCUT2D eigenvalue weighted by Crippen LogP contribution is 2.21. The maximum Gasteiger partial charge on any atom is 0.325 e. The van der Waals surface area contributed by atoms with Crippen molar-refractivity contribution in [3.05, 3.63) is 30.1 Å². The number of aromatic amines is 1. The van der Waals surface area contributed by atoms with Gasteiger partial charge in [-0.15, -0.1) is 0 Å². The third-order valence-electron chi connectivity index (χ3n) is 5.02. The van der Waals surface area contributed by atoms with Gasteiger partial charge in [-0.2, -0.15) is 0 Å². The van der Waals surface area contributed by atoms with Crippen LogP contribution in [0.15, 0.2) is 24.3 Å². The van der Waals surface area contributed by atoms with Gasteiger partial charge in [0.05, 0.1) is 17.6 Å². The van der Waals surface area contributed by atoms with Crippen molar-refractivity contribution in [1.82, 2.24) is 25.1 Å². The van der Waals surface area contributed by atoms with E-state index in [9.17, 15) is 14.4 Å². The quantitative estimate of drug-likeness (QED) is 0.796. The summed E-state index contributed by atoms with van der Waals surface area (Å²) in [6, 6.07) is 7.43. The van der Waals surface area contributed by atoms with Crippen molar-refractivity contribution < 1.29 is 14.4 Å². The van der Waals surface area contributed by atoms with Crippen molar-refractivity contribution in [3.63, 3.8) is 0 Å². The zero-order valence-corrected chi connectivity index (χ0v) is 14.4. The maximum atomic E-state index is 12.5. The largest absolute Gasteiger partial charge is 0.342 e. The number of carbonyl (C=O) groups excluding carboxylic acids is 3. The van der Waals surface area contributed by atoms with Gasteiger partial charge in [-0.1, -0.05) is 12.1 Å². The van der Waals surface area contributed by atoms with Crippen molar-refractivity contribution in [3.8, 4) is 0 Å². The first-order chi connectivity index (χ1) is 12.6. The molecular weight excluding hydrogens is 334 g/mol. The van der Waals surface area contributed by atoms with Gasteiger partial charge in [-0.05, 0) is 30.9 Å². The number of para-hydroxylation sites is 2. The van der Waals surface area contributed by atoms with Crippen molar-refractivity contribution >= 4 is 28.9 Å². The summed E-state index contributed by atoms with van der Waals surface area (Å²) >= 11 is 0. The number of fused-ring (bicyclic) bond motifs is 1. The van der Waals surface area contributed by atoms with Gasteiger partial charge in [-0.25, -0.2) is 9.78 Å². The molecule has 2 aliphatic heterocycles. The van der Waals surface area contributed by atoms with Crippen LogP contribution in [-0.2, 0) is 16.0 Å². The number of carbonyl (C=O) groups is 3. The minimum Gasteiger partial charge on any atom is -0.342 e. The Hall–Kier alpha value is -2.90. The highest BCUT2D eigenvalue weighted by Gasteiger charge is 2.33. The number of hydrogen-bond donors (Lipinski definition) is 2. The van der Waals surface area contributed by atoms with Crippen LogP contribution in [0.5, 0.6) is 0 Å². The van der Waals surface area contributed by atoms with Crippen LogP contribution in [0.2, 0.25) is 0 Å². The maximum absolute atomic E-state index is 12.5. The Kier molecular flexibility index (Phi) is 4.32. The summed E-state index contributed by atoms with van der Waals surface area (Å²) in [7, 11) is 0. The van der Waals surface area contributed by atoms with Crippen LogP contribution < -0.4 is 5.32 Å². The molecule has 0 aliphatic carbocycles. The highest BCUT2D eigenvalue weighted by molar-refractivity contribution is 6.04. The lowest BCUT2D eigenvalue weighted by atomic mass is 9.94. The van der Waals surface area contributed by atoms with E-state index in [1.54, 1.807) is 4.90 Å². The lowest BCUT2D eigenvalue weighted by Crippen LogP contribution is -2.47. The summed E-state index contributed by atoms with van der Waals surface area (Å²) in [5, 5.41) is 2.44. The Balaban J connectivity index is 1.38. The monoisotopic (exact) mass is 355 g/mol. The predicted octanol–water partition coefficient (Wildman–Crippen LogP) is 0.896. The van der Waals surface area contributed by atoms with E-state index in [0.29, 0.717) is 19.0 Å². The average molecular weight is 355 g/mol. The van der Waals surface area contributed by atoms with E-state index in [1.165, 1.54) is 0 Å². The zero-order chi connectivity index (χ0) is 18.1. The highest BCUT2D eigenvalue weighted by atomic mass is 16.2. The first kappa shape index (κ1) is 16.6. The molecule has 4 amide bonds. The second-order valence-electron chi connectivity index (χ2n) is 6.89. The third kappa shape index (κ3) is 3.26. The Morgan fingerprint density at radius 2 is 2.12 bits per heavy atom.